The predicted octanol–water partition coefficient (Wildman–Crippen LogP) is 2.53. The van der Waals surface area contributed by atoms with E-state index < -0.39 is 0 Å². The molecule has 2 aromatic rings. The minimum Gasteiger partial charge on any atom is -0.497 e. The smallest absolute Gasteiger partial charge is 0.263 e. The van der Waals surface area contributed by atoms with Gasteiger partial charge >= 0.3 is 0 Å². The van der Waals surface area contributed by atoms with Crippen molar-refractivity contribution in [1.29, 1.82) is 0 Å². The summed E-state index contributed by atoms with van der Waals surface area (Å²) in [6.45, 7) is 2.57. The van der Waals surface area contributed by atoms with Crippen LogP contribution in [-0.4, -0.2) is 56.9 Å². The second kappa shape index (κ2) is 9.02. The Morgan fingerprint density at radius 1 is 1.11 bits per heavy atom. The summed E-state index contributed by atoms with van der Waals surface area (Å²) in [5, 5.41) is 3.68. The van der Waals surface area contributed by atoms with Gasteiger partial charge in [0.2, 0.25) is 0 Å². The third-order valence-corrected chi connectivity index (χ3v) is 4.43. The highest BCUT2D eigenvalue weighted by Crippen LogP contribution is 2.20. The molecule has 1 saturated heterocycles. The van der Waals surface area contributed by atoms with Crippen LogP contribution in [0.15, 0.2) is 53.7 Å². The normalized spacial score (nSPS) is 14.4. The number of hydrogen-bond donors (Lipinski definition) is 0. The first-order valence-electron chi connectivity index (χ1n) is 8.74. The molecule has 27 heavy (non-hydrogen) atoms. The van der Waals surface area contributed by atoms with Gasteiger partial charge in [0, 0.05) is 37.4 Å². The van der Waals surface area contributed by atoms with E-state index >= 15 is 0 Å². The average Bonchev–Trinajstić information content (AvgIpc) is 2.72. The topological polar surface area (TPSA) is 54.4 Å². The summed E-state index contributed by atoms with van der Waals surface area (Å²) < 4.78 is 18.6. The second-order valence-corrected chi connectivity index (χ2v) is 6.10. The molecule has 0 radical (unpaired) electrons. The Bertz CT molecular complexity index is 787. The highest BCUT2D eigenvalue weighted by molar-refractivity contribution is 5.80. The maximum atomic E-state index is 13.5. The molecule has 0 spiro atoms. The lowest BCUT2D eigenvalue weighted by molar-refractivity contribution is -0.136. The lowest BCUT2D eigenvalue weighted by Gasteiger charge is -2.35. The van der Waals surface area contributed by atoms with Crippen LogP contribution in [0.1, 0.15) is 5.56 Å². The quantitative estimate of drug-likeness (QED) is 0.578. The van der Waals surface area contributed by atoms with Crippen LogP contribution in [0.2, 0.25) is 0 Å². The number of benzene rings is 2. The lowest BCUT2D eigenvalue weighted by atomic mass is 10.2. The fourth-order valence-corrected chi connectivity index (χ4v) is 2.86. The van der Waals surface area contributed by atoms with Gasteiger partial charge in [-0.25, -0.2) is 4.39 Å². The first-order chi connectivity index (χ1) is 13.2. The van der Waals surface area contributed by atoms with Crippen molar-refractivity contribution in [3.05, 3.63) is 59.9 Å². The zero-order chi connectivity index (χ0) is 19.1. The first-order valence-corrected chi connectivity index (χ1v) is 8.74. The van der Waals surface area contributed by atoms with E-state index in [4.69, 9.17) is 9.57 Å². The number of carbonyl (C=O) groups excluding carboxylic acids is 1. The van der Waals surface area contributed by atoms with Gasteiger partial charge in [-0.3, -0.25) is 4.79 Å². The zero-order valence-corrected chi connectivity index (χ0v) is 15.2. The van der Waals surface area contributed by atoms with E-state index in [-0.39, 0.29) is 18.3 Å². The Morgan fingerprint density at radius 2 is 1.81 bits per heavy atom. The van der Waals surface area contributed by atoms with Crippen molar-refractivity contribution < 1.29 is 18.8 Å². The molecule has 1 amide bonds. The molecular formula is C20H22FN3O3. The Labute approximate surface area is 157 Å². The SMILES string of the molecule is COc1ccc(N2CCN(C(=O)CO/N=C\c3ccccc3F)CC2)cc1. The number of rotatable bonds is 6. The molecule has 0 atom stereocenters. The summed E-state index contributed by atoms with van der Waals surface area (Å²) in [4.78, 5) is 21.2. The van der Waals surface area contributed by atoms with Gasteiger partial charge in [-0.15, -0.1) is 0 Å². The Balaban J connectivity index is 1.43. The highest BCUT2D eigenvalue weighted by atomic mass is 19.1. The largest absolute Gasteiger partial charge is 0.497 e. The van der Waals surface area contributed by atoms with E-state index in [9.17, 15) is 9.18 Å². The van der Waals surface area contributed by atoms with E-state index in [1.807, 2.05) is 24.3 Å². The molecule has 142 valence electrons. The van der Waals surface area contributed by atoms with Crippen LogP contribution in [-0.2, 0) is 9.63 Å². The molecule has 0 N–H and O–H groups in total. The number of nitrogens with zero attached hydrogens (tertiary/aromatic N) is 3. The van der Waals surface area contributed by atoms with E-state index in [1.54, 1.807) is 30.2 Å². The number of methoxy groups -OCH3 is 1. The van der Waals surface area contributed by atoms with Crippen molar-refractivity contribution in [2.24, 2.45) is 5.16 Å². The van der Waals surface area contributed by atoms with Crippen molar-refractivity contribution in [3.63, 3.8) is 0 Å². The number of piperazine rings is 1. The third kappa shape index (κ3) is 4.97. The van der Waals surface area contributed by atoms with Crippen LogP contribution in [0, 0.1) is 5.82 Å². The summed E-state index contributed by atoms with van der Waals surface area (Å²) in [6.07, 6.45) is 1.27. The van der Waals surface area contributed by atoms with Crippen molar-refractivity contribution in [2.75, 3.05) is 44.8 Å². The minimum atomic E-state index is -0.383. The molecule has 0 aromatic heterocycles. The Morgan fingerprint density at radius 3 is 2.48 bits per heavy atom. The van der Waals surface area contributed by atoms with Crippen LogP contribution >= 0.6 is 0 Å². The lowest BCUT2D eigenvalue weighted by Crippen LogP contribution is -2.49. The Kier molecular flexibility index (Phi) is 6.25. The Hall–Kier alpha value is -3.09. The fourth-order valence-electron chi connectivity index (χ4n) is 2.86. The van der Waals surface area contributed by atoms with Crippen LogP contribution < -0.4 is 9.64 Å². The number of hydrogen-bond acceptors (Lipinski definition) is 5. The number of amides is 1. The molecule has 1 heterocycles. The van der Waals surface area contributed by atoms with E-state index in [2.05, 4.69) is 10.1 Å². The molecule has 7 heteroatoms. The van der Waals surface area contributed by atoms with Gasteiger partial charge in [0.05, 0.1) is 13.3 Å². The molecule has 0 aliphatic carbocycles. The van der Waals surface area contributed by atoms with Crippen LogP contribution in [0.25, 0.3) is 0 Å². The maximum absolute atomic E-state index is 13.5. The first kappa shape index (κ1) is 18.7. The van der Waals surface area contributed by atoms with Gasteiger partial charge < -0.3 is 19.4 Å². The van der Waals surface area contributed by atoms with E-state index in [1.165, 1.54) is 12.3 Å². The molecular weight excluding hydrogens is 349 g/mol. The number of ether oxygens (including phenoxy) is 1. The zero-order valence-electron chi connectivity index (χ0n) is 15.2. The number of oxime groups is 1. The molecule has 6 nitrogen and oxygen atoms in total. The van der Waals surface area contributed by atoms with Gasteiger partial charge in [-0.05, 0) is 30.3 Å². The number of halogens is 1. The third-order valence-electron chi connectivity index (χ3n) is 4.43. The van der Waals surface area contributed by atoms with Gasteiger partial charge in [-0.2, -0.15) is 0 Å². The highest BCUT2D eigenvalue weighted by Gasteiger charge is 2.21. The summed E-state index contributed by atoms with van der Waals surface area (Å²) in [5.74, 6) is 0.307. The minimum absolute atomic E-state index is 0.130. The average molecular weight is 371 g/mol. The maximum Gasteiger partial charge on any atom is 0.263 e. The molecule has 0 bridgehead atoms. The number of anilines is 1. The van der Waals surface area contributed by atoms with Crippen molar-refractivity contribution >= 4 is 17.8 Å². The van der Waals surface area contributed by atoms with Crippen molar-refractivity contribution in [3.8, 4) is 5.75 Å². The van der Waals surface area contributed by atoms with Crippen LogP contribution in [0.4, 0.5) is 10.1 Å². The van der Waals surface area contributed by atoms with Gasteiger partial charge in [0.25, 0.3) is 5.91 Å². The second-order valence-electron chi connectivity index (χ2n) is 6.10. The van der Waals surface area contributed by atoms with Gasteiger partial charge in [0.1, 0.15) is 11.6 Å². The molecule has 1 aliphatic heterocycles. The van der Waals surface area contributed by atoms with E-state index in [0.29, 0.717) is 18.7 Å². The van der Waals surface area contributed by atoms with Crippen molar-refractivity contribution in [2.45, 2.75) is 0 Å². The molecule has 2 aromatic carbocycles. The van der Waals surface area contributed by atoms with Gasteiger partial charge in [0.15, 0.2) is 6.61 Å². The van der Waals surface area contributed by atoms with Crippen LogP contribution in [0.3, 0.4) is 0 Å². The van der Waals surface area contributed by atoms with Crippen molar-refractivity contribution in [1.82, 2.24) is 4.90 Å². The fraction of sp³-hybridized carbons (Fsp3) is 0.300. The monoisotopic (exact) mass is 371 g/mol. The summed E-state index contributed by atoms with van der Waals surface area (Å²) in [7, 11) is 1.64. The molecule has 0 saturated carbocycles. The molecule has 3 rings (SSSR count). The molecule has 1 aliphatic rings. The van der Waals surface area contributed by atoms with Gasteiger partial charge in [-0.1, -0.05) is 23.4 Å². The summed E-state index contributed by atoms with van der Waals surface area (Å²) in [6, 6.07) is 14.1. The number of carbonyl (C=O) groups is 1. The summed E-state index contributed by atoms with van der Waals surface area (Å²) in [5.41, 5.74) is 1.42. The molecule has 0 unspecified atom stereocenters. The predicted molar refractivity (Wildman–Crippen MR) is 102 cm³/mol. The summed E-state index contributed by atoms with van der Waals surface area (Å²) >= 11 is 0. The standard InChI is InChI=1S/C20H22FN3O3/c1-26-18-8-6-17(7-9-18)23-10-12-24(13-11-23)20(25)15-27-22-14-16-4-2-3-5-19(16)21/h2-9,14H,10-13,15H2,1H3/b22-14-. The molecule has 1 fully saturated rings. The van der Waals surface area contributed by atoms with Crippen LogP contribution in [0.5, 0.6) is 5.75 Å². The van der Waals surface area contributed by atoms with E-state index in [0.717, 1.165) is 24.5 Å².